The van der Waals surface area contributed by atoms with E-state index < -0.39 is 38.9 Å². The van der Waals surface area contributed by atoms with Gasteiger partial charge in [-0.25, -0.2) is 8.42 Å². The first-order valence-corrected chi connectivity index (χ1v) is 8.91. The second kappa shape index (κ2) is 7.06. The Morgan fingerprint density at radius 1 is 1.15 bits per heavy atom. The van der Waals surface area contributed by atoms with Crippen molar-refractivity contribution in [1.29, 1.82) is 0 Å². The predicted molar refractivity (Wildman–Crippen MR) is 75.1 cm³/mol. The Labute approximate surface area is 119 Å². The van der Waals surface area contributed by atoms with Crippen molar-refractivity contribution in [3.05, 3.63) is 0 Å². The normalized spacial score (nSPS) is 26.1. The number of rotatable bonds is 4. The van der Waals surface area contributed by atoms with Gasteiger partial charge < -0.3 is 10.4 Å². The zero-order valence-electron chi connectivity index (χ0n) is 12.0. The summed E-state index contributed by atoms with van der Waals surface area (Å²) in [5.74, 6) is -2.17. The number of sulfone groups is 1. The standard InChI is InChI=1S/C13H23NO5S/c1-9(20(2,18)19)12(15)14-11-8-6-4-3-5-7-10(11)13(16)17/h9-11H,3-8H2,1-2H3,(H,14,15)(H,16,17). The quantitative estimate of drug-likeness (QED) is 0.805. The van der Waals surface area contributed by atoms with Crippen molar-refractivity contribution in [3.8, 4) is 0 Å². The molecule has 1 rings (SSSR count). The molecule has 0 heterocycles. The molecule has 0 spiro atoms. The molecule has 1 aliphatic carbocycles. The summed E-state index contributed by atoms with van der Waals surface area (Å²) in [5, 5.41) is 10.7. The topological polar surface area (TPSA) is 101 Å². The second-order valence-electron chi connectivity index (χ2n) is 5.52. The third kappa shape index (κ3) is 4.77. The van der Waals surface area contributed by atoms with E-state index in [9.17, 15) is 23.1 Å². The molecule has 3 unspecified atom stereocenters. The van der Waals surface area contributed by atoms with Gasteiger partial charge in [-0.1, -0.05) is 25.7 Å². The number of carboxylic acid groups (broad SMARTS) is 1. The van der Waals surface area contributed by atoms with Crippen LogP contribution in [0, 0.1) is 5.92 Å². The van der Waals surface area contributed by atoms with Crippen LogP contribution in [0.5, 0.6) is 0 Å². The molecule has 1 amide bonds. The Hall–Kier alpha value is -1.11. The number of hydrogen-bond donors (Lipinski definition) is 2. The van der Waals surface area contributed by atoms with Gasteiger partial charge in [-0.2, -0.15) is 0 Å². The molecule has 0 radical (unpaired) electrons. The molecule has 20 heavy (non-hydrogen) atoms. The minimum Gasteiger partial charge on any atom is -0.481 e. The van der Waals surface area contributed by atoms with Gasteiger partial charge in [0.15, 0.2) is 9.84 Å². The van der Waals surface area contributed by atoms with Crippen LogP contribution in [0.2, 0.25) is 0 Å². The Morgan fingerprint density at radius 2 is 1.70 bits per heavy atom. The summed E-state index contributed by atoms with van der Waals surface area (Å²) in [6.07, 6.45) is 5.80. The Morgan fingerprint density at radius 3 is 2.20 bits per heavy atom. The number of hydrogen-bond acceptors (Lipinski definition) is 4. The fourth-order valence-corrected chi connectivity index (χ4v) is 2.90. The first-order valence-electron chi connectivity index (χ1n) is 6.95. The summed E-state index contributed by atoms with van der Waals surface area (Å²) in [7, 11) is -3.47. The molecular formula is C13H23NO5S. The minimum absolute atomic E-state index is 0.482. The van der Waals surface area contributed by atoms with E-state index in [0.717, 1.165) is 31.9 Å². The van der Waals surface area contributed by atoms with Crippen LogP contribution < -0.4 is 5.32 Å². The highest BCUT2D eigenvalue weighted by Crippen LogP contribution is 2.23. The monoisotopic (exact) mass is 305 g/mol. The highest BCUT2D eigenvalue weighted by molar-refractivity contribution is 7.92. The molecule has 2 N–H and O–H groups in total. The first kappa shape index (κ1) is 16.9. The molecule has 0 aromatic heterocycles. The van der Waals surface area contributed by atoms with Gasteiger partial charge in [-0.05, 0) is 19.8 Å². The average molecular weight is 305 g/mol. The van der Waals surface area contributed by atoms with Crippen molar-refractivity contribution in [2.45, 2.75) is 56.7 Å². The van der Waals surface area contributed by atoms with E-state index in [0.29, 0.717) is 12.8 Å². The molecule has 1 aliphatic rings. The molecule has 0 aliphatic heterocycles. The van der Waals surface area contributed by atoms with E-state index in [4.69, 9.17) is 0 Å². The van der Waals surface area contributed by atoms with E-state index in [2.05, 4.69) is 5.32 Å². The van der Waals surface area contributed by atoms with Crippen LogP contribution in [0.25, 0.3) is 0 Å². The van der Waals surface area contributed by atoms with E-state index in [1.807, 2.05) is 0 Å². The van der Waals surface area contributed by atoms with E-state index in [1.165, 1.54) is 6.92 Å². The molecule has 0 aromatic rings. The fourth-order valence-electron chi connectivity index (χ4n) is 2.45. The van der Waals surface area contributed by atoms with Gasteiger partial charge in [0.1, 0.15) is 5.25 Å². The Balaban J connectivity index is 2.78. The van der Waals surface area contributed by atoms with E-state index >= 15 is 0 Å². The number of aliphatic carboxylic acids is 1. The average Bonchev–Trinajstić information content (AvgIpc) is 2.29. The molecule has 116 valence electrons. The van der Waals surface area contributed by atoms with Gasteiger partial charge in [0.2, 0.25) is 5.91 Å². The first-order chi connectivity index (χ1) is 9.23. The van der Waals surface area contributed by atoms with Gasteiger partial charge in [0.05, 0.1) is 5.92 Å². The molecular weight excluding hydrogens is 282 g/mol. The zero-order valence-corrected chi connectivity index (χ0v) is 12.8. The van der Waals surface area contributed by atoms with E-state index in [-0.39, 0.29) is 0 Å². The van der Waals surface area contributed by atoms with Crippen LogP contribution in [0.15, 0.2) is 0 Å². The molecule has 1 fully saturated rings. The number of carbonyl (C=O) groups is 2. The van der Waals surface area contributed by atoms with Crippen LogP contribution in [0.4, 0.5) is 0 Å². The molecule has 7 heteroatoms. The number of carbonyl (C=O) groups excluding carboxylic acids is 1. The fraction of sp³-hybridized carbons (Fsp3) is 0.846. The maximum atomic E-state index is 11.9. The SMILES string of the molecule is CC(C(=O)NC1CCCCCCC1C(=O)O)S(C)(=O)=O. The van der Waals surface area contributed by atoms with Gasteiger partial charge in [0, 0.05) is 12.3 Å². The lowest BCUT2D eigenvalue weighted by Crippen LogP contribution is -2.48. The van der Waals surface area contributed by atoms with Gasteiger partial charge in [-0.3, -0.25) is 9.59 Å². The summed E-state index contributed by atoms with van der Waals surface area (Å²) in [6.45, 7) is 1.32. The Bertz CT molecular complexity index is 459. The van der Waals surface area contributed by atoms with Gasteiger partial charge >= 0.3 is 5.97 Å². The summed E-state index contributed by atoms with van der Waals surface area (Å²) in [4.78, 5) is 23.2. The lowest BCUT2D eigenvalue weighted by atomic mass is 9.86. The third-order valence-corrected chi connectivity index (χ3v) is 5.42. The molecule has 0 saturated heterocycles. The highest BCUT2D eigenvalue weighted by atomic mass is 32.2. The summed E-state index contributed by atoms with van der Waals surface area (Å²) < 4.78 is 22.8. The number of carboxylic acids is 1. The lowest BCUT2D eigenvalue weighted by Gasteiger charge is -2.28. The van der Waals surface area contributed by atoms with Crippen LogP contribution in [0.3, 0.4) is 0 Å². The van der Waals surface area contributed by atoms with Crippen molar-refractivity contribution in [2.24, 2.45) is 5.92 Å². The number of amides is 1. The highest BCUT2D eigenvalue weighted by Gasteiger charge is 2.32. The lowest BCUT2D eigenvalue weighted by molar-refractivity contribution is -0.143. The van der Waals surface area contributed by atoms with Crippen LogP contribution in [-0.4, -0.2) is 42.9 Å². The number of nitrogens with one attached hydrogen (secondary N) is 1. The van der Waals surface area contributed by atoms with E-state index in [1.54, 1.807) is 0 Å². The van der Waals surface area contributed by atoms with Crippen LogP contribution >= 0.6 is 0 Å². The predicted octanol–water partition coefficient (Wildman–Crippen LogP) is 0.959. The van der Waals surface area contributed by atoms with Crippen molar-refractivity contribution in [1.82, 2.24) is 5.32 Å². The van der Waals surface area contributed by atoms with Crippen molar-refractivity contribution in [3.63, 3.8) is 0 Å². The molecule has 3 atom stereocenters. The second-order valence-corrected chi connectivity index (χ2v) is 7.89. The molecule has 1 saturated carbocycles. The smallest absolute Gasteiger partial charge is 0.308 e. The van der Waals surface area contributed by atoms with Gasteiger partial charge in [-0.15, -0.1) is 0 Å². The largest absolute Gasteiger partial charge is 0.481 e. The van der Waals surface area contributed by atoms with Crippen LogP contribution in [0.1, 0.15) is 45.4 Å². The summed E-state index contributed by atoms with van der Waals surface area (Å²) >= 11 is 0. The van der Waals surface area contributed by atoms with Crippen molar-refractivity contribution in [2.75, 3.05) is 6.26 Å². The maximum Gasteiger partial charge on any atom is 0.308 e. The molecule has 0 bridgehead atoms. The Kier molecular flexibility index (Phi) is 5.98. The maximum absolute atomic E-state index is 11.9. The summed E-state index contributed by atoms with van der Waals surface area (Å²) in [6, 6.07) is -0.482. The summed E-state index contributed by atoms with van der Waals surface area (Å²) in [5.41, 5.74) is 0. The van der Waals surface area contributed by atoms with Crippen LogP contribution in [-0.2, 0) is 19.4 Å². The van der Waals surface area contributed by atoms with Gasteiger partial charge in [0.25, 0.3) is 0 Å². The third-order valence-electron chi connectivity index (χ3n) is 3.92. The minimum atomic E-state index is -3.47. The zero-order chi connectivity index (χ0) is 15.3. The van der Waals surface area contributed by atoms with Crippen molar-refractivity contribution < 1.29 is 23.1 Å². The molecule has 0 aromatic carbocycles. The molecule has 6 nitrogen and oxygen atoms in total. The van der Waals surface area contributed by atoms with Crippen molar-refractivity contribution >= 4 is 21.7 Å².